The fourth-order valence-electron chi connectivity index (χ4n) is 0.630. The molecule has 2 heteroatoms. The lowest BCUT2D eigenvalue weighted by molar-refractivity contribution is 0.334. The molecule has 1 N–H and O–H groups in total. The third kappa shape index (κ3) is 3.18. The van der Waals surface area contributed by atoms with Gasteiger partial charge in [0.15, 0.2) is 0 Å². The fourth-order valence-corrected chi connectivity index (χ4v) is 0.630. The molecule has 0 saturated carbocycles. The van der Waals surface area contributed by atoms with Gasteiger partial charge < -0.3 is 5.11 Å². The Morgan fingerprint density at radius 3 is 2.67 bits per heavy atom. The van der Waals surface area contributed by atoms with Gasteiger partial charge in [0.2, 0.25) is 0 Å². The minimum absolute atomic E-state index is 0.101. The van der Waals surface area contributed by atoms with Crippen LogP contribution in [0.15, 0.2) is 28.9 Å². The first-order valence-electron chi connectivity index (χ1n) is 3.72. The molecule has 0 atom stereocenters. The lowest BCUT2D eigenvalue weighted by Gasteiger charge is -1.96. The van der Waals surface area contributed by atoms with Gasteiger partial charge in [0, 0.05) is 12.0 Å². The summed E-state index contributed by atoms with van der Waals surface area (Å²) in [5, 5.41) is 8.84. The standard InChI is InChI=1S/C10H13NO/c1-4-6-7-10(11-3)9(5-2)8-12/h5,12H,2-4,8H2,1H3/b10-9+. The van der Waals surface area contributed by atoms with Gasteiger partial charge in [-0.3, -0.25) is 4.99 Å². The molecular formula is C10H13NO. The second-order valence-corrected chi connectivity index (χ2v) is 2.05. The highest BCUT2D eigenvalue weighted by atomic mass is 16.3. The lowest BCUT2D eigenvalue weighted by Crippen LogP contribution is -1.90. The SMILES string of the molecule is C=C/C(CO)=C(/C#CCC)N=C. The summed E-state index contributed by atoms with van der Waals surface area (Å²) in [4.78, 5) is 3.69. The van der Waals surface area contributed by atoms with Crippen molar-refractivity contribution in [3.63, 3.8) is 0 Å². The molecular weight excluding hydrogens is 150 g/mol. The largest absolute Gasteiger partial charge is 0.392 e. The zero-order chi connectivity index (χ0) is 9.40. The second kappa shape index (κ2) is 6.38. The maximum absolute atomic E-state index is 8.84. The number of aliphatic hydroxyl groups excluding tert-OH is 1. The van der Waals surface area contributed by atoms with Crippen molar-refractivity contribution in [3.05, 3.63) is 23.9 Å². The summed E-state index contributed by atoms with van der Waals surface area (Å²) in [6.45, 7) is 8.74. The lowest BCUT2D eigenvalue weighted by atomic mass is 10.2. The Balaban J connectivity index is 4.81. The van der Waals surface area contributed by atoms with Crippen molar-refractivity contribution in [3.8, 4) is 11.8 Å². The van der Waals surface area contributed by atoms with Gasteiger partial charge in [0.1, 0.15) is 5.70 Å². The van der Waals surface area contributed by atoms with Crippen LogP contribution in [0.1, 0.15) is 13.3 Å². The van der Waals surface area contributed by atoms with E-state index in [0.29, 0.717) is 11.3 Å². The first kappa shape index (κ1) is 10.7. The summed E-state index contributed by atoms with van der Waals surface area (Å²) in [6, 6.07) is 0. The van der Waals surface area contributed by atoms with Crippen LogP contribution in [0.4, 0.5) is 0 Å². The minimum Gasteiger partial charge on any atom is -0.392 e. The Labute approximate surface area is 73.3 Å². The van der Waals surface area contributed by atoms with Gasteiger partial charge in [-0.1, -0.05) is 25.5 Å². The van der Waals surface area contributed by atoms with Gasteiger partial charge in [-0.15, -0.1) is 0 Å². The Hall–Kier alpha value is -1.33. The maximum atomic E-state index is 8.84. The van der Waals surface area contributed by atoms with Crippen molar-refractivity contribution in [2.24, 2.45) is 4.99 Å². The van der Waals surface area contributed by atoms with Crippen LogP contribution in [0, 0.1) is 11.8 Å². The topological polar surface area (TPSA) is 32.6 Å². The van der Waals surface area contributed by atoms with Crippen molar-refractivity contribution in [1.82, 2.24) is 0 Å². The number of aliphatic imine (C=N–C) groups is 1. The van der Waals surface area contributed by atoms with Gasteiger partial charge in [0.25, 0.3) is 0 Å². The van der Waals surface area contributed by atoms with E-state index in [4.69, 9.17) is 5.11 Å². The third-order valence-electron chi connectivity index (χ3n) is 1.26. The molecule has 0 aliphatic carbocycles. The molecule has 0 amide bonds. The zero-order valence-corrected chi connectivity index (χ0v) is 7.30. The summed E-state index contributed by atoms with van der Waals surface area (Å²) in [5.74, 6) is 5.64. The molecule has 0 radical (unpaired) electrons. The smallest absolute Gasteiger partial charge is 0.117 e. The molecule has 0 aromatic rings. The molecule has 0 aliphatic heterocycles. The monoisotopic (exact) mass is 163 g/mol. The molecule has 12 heavy (non-hydrogen) atoms. The summed E-state index contributed by atoms with van der Waals surface area (Å²) >= 11 is 0. The van der Waals surface area contributed by atoms with Gasteiger partial charge in [0.05, 0.1) is 6.61 Å². The Morgan fingerprint density at radius 1 is 1.67 bits per heavy atom. The van der Waals surface area contributed by atoms with Gasteiger partial charge in [-0.2, -0.15) is 0 Å². The van der Waals surface area contributed by atoms with Crippen LogP contribution >= 0.6 is 0 Å². The Bertz CT molecular complexity index is 253. The molecule has 0 saturated heterocycles. The van der Waals surface area contributed by atoms with E-state index in [2.05, 4.69) is 30.1 Å². The van der Waals surface area contributed by atoms with Crippen molar-refractivity contribution in [1.29, 1.82) is 0 Å². The molecule has 64 valence electrons. The van der Waals surface area contributed by atoms with E-state index >= 15 is 0 Å². The second-order valence-electron chi connectivity index (χ2n) is 2.05. The van der Waals surface area contributed by atoms with E-state index in [-0.39, 0.29) is 6.61 Å². The average Bonchev–Trinajstić information content (AvgIpc) is 2.12. The number of allylic oxidation sites excluding steroid dienone is 1. The summed E-state index contributed by atoms with van der Waals surface area (Å²) in [5.41, 5.74) is 1.13. The molecule has 0 bridgehead atoms. The van der Waals surface area contributed by atoms with Crippen LogP contribution in [0.25, 0.3) is 0 Å². The molecule has 0 aliphatic rings. The first-order chi connectivity index (χ1) is 5.79. The van der Waals surface area contributed by atoms with Crippen molar-refractivity contribution < 1.29 is 5.11 Å². The van der Waals surface area contributed by atoms with Crippen LogP contribution in [0.5, 0.6) is 0 Å². The number of rotatable bonds is 3. The fraction of sp³-hybridized carbons (Fsp3) is 0.300. The predicted molar refractivity (Wildman–Crippen MR) is 51.9 cm³/mol. The van der Waals surface area contributed by atoms with Gasteiger partial charge in [-0.05, 0) is 12.6 Å². The zero-order valence-electron chi connectivity index (χ0n) is 7.30. The summed E-state index contributed by atoms with van der Waals surface area (Å²) < 4.78 is 0. The molecule has 0 aromatic carbocycles. The van der Waals surface area contributed by atoms with E-state index in [1.165, 1.54) is 6.08 Å². The van der Waals surface area contributed by atoms with E-state index < -0.39 is 0 Å². The average molecular weight is 163 g/mol. The van der Waals surface area contributed by atoms with Crippen LogP contribution in [-0.2, 0) is 0 Å². The number of aliphatic hydroxyl groups is 1. The molecule has 0 rings (SSSR count). The van der Waals surface area contributed by atoms with Crippen molar-refractivity contribution >= 4 is 6.72 Å². The highest BCUT2D eigenvalue weighted by molar-refractivity contribution is 5.43. The van der Waals surface area contributed by atoms with E-state index in [0.717, 1.165) is 6.42 Å². The van der Waals surface area contributed by atoms with Crippen LogP contribution in [0.2, 0.25) is 0 Å². The van der Waals surface area contributed by atoms with Crippen LogP contribution in [0.3, 0.4) is 0 Å². The Morgan fingerprint density at radius 2 is 2.33 bits per heavy atom. The quantitative estimate of drug-likeness (QED) is 0.382. The highest BCUT2D eigenvalue weighted by Crippen LogP contribution is 2.04. The molecule has 0 fully saturated rings. The molecule has 0 aromatic heterocycles. The molecule has 0 spiro atoms. The van der Waals surface area contributed by atoms with Gasteiger partial charge >= 0.3 is 0 Å². The van der Waals surface area contributed by atoms with Crippen LogP contribution < -0.4 is 0 Å². The van der Waals surface area contributed by atoms with Crippen molar-refractivity contribution in [2.45, 2.75) is 13.3 Å². The summed E-state index contributed by atoms with van der Waals surface area (Å²) in [7, 11) is 0. The number of hydrogen-bond donors (Lipinski definition) is 1. The van der Waals surface area contributed by atoms with E-state index in [9.17, 15) is 0 Å². The normalized spacial score (nSPS) is 10.8. The number of nitrogens with zero attached hydrogens (tertiary/aromatic N) is 1. The first-order valence-corrected chi connectivity index (χ1v) is 3.72. The van der Waals surface area contributed by atoms with Crippen LogP contribution in [-0.4, -0.2) is 18.4 Å². The third-order valence-corrected chi connectivity index (χ3v) is 1.26. The van der Waals surface area contributed by atoms with E-state index in [1.54, 1.807) is 0 Å². The highest BCUT2D eigenvalue weighted by Gasteiger charge is 1.95. The molecule has 0 heterocycles. The minimum atomic E-state index is -0.101. The Kier molecular flexibility index (Phi) is 5.68. The van der Waals surface area contributed by atoms with Gasteiger partial charge in [-0.25, -0.2) is 0 Å². The predicted octanol–water partition coefficient (Wildman–Crippen LogP) is 1.53. The van der Waals surface area contributed by atoms with Crippen molar-refractivity contribution in [2.75, 3.05) is 6.61 Å². The molecule has 0 unspecified atom stereocenters. The summed E-state index contributed by atoms with van der Waals surface area (Å²) in [6.07, 6.45) is 2.29. The maximum Gasteiger partial charge on any atom is 0.117 e. The number of hydrogen-bond acceptors (Lipinski definition) is 2. The molecule has 2 nitrogen and oxygen atoms in total. The van der Waals surface area contributed by atoms with E-state index in [1.807, 2.05) is 6.92 Å².